The second kappa shape index (κ2) is 3.20. The van der Waals surface area contributed by atoms with Crippen molar-refractivity contribution in [3.8, 4) is 5.75 Å². The molecule has 1 aromatic rings. The lowest BCUT2D eigenvalue weighted by Crippen LogP contribution is -2.47. The molecule has 1 aromatic carbocycles. The Morgan fingerprint density at radius 2 is 2.19 bits per heavy atom. The summed E-state index contributed by atoms with van der Waals surface area (Å²) in [5, 5.41) is 12.3. The first-order chi connectivity index (χ1) is 7.72. The van der Waals surface area contributed by atoms with E-state index in [9.17, 15) is 4.39 Å². The molecule has 0 unspecified atom stereocenters. The van der Waals surface area contributed by atoms with Gasteiger partial charge in [0.2, 0.25) is 0 Å². The maximum Gasteiger partial charge on any atom is 0.132 e. The van der Waals surface area contributed by atoms with Crippen LogP contribution >= 0.6 is 0 Å². The van der Waals surface area contributed by atoms with Crippen molar-refractivity contribution < 1.29 is 14.3 Å². The Hall–Kier alpha value is -1.58. The number of nitrogens with zero attached hydrogens (tertiary/aromatic N) is 1. The number of fused-ring (bicyclic) bond motifs is 1. The molecule has 1 heterocycles. The maximum atomic E-state index is 13.1. The van der Waals surface area contributed by atoms with E-state index < -0.39 is 0 Å². The van der Waals surface area contributed by atoms with Crippen LogP contribution in [0.5, 0.6) is 5.75 Å². The smallest absolute Gasteiger partial charge is 0.132 e. The van der Waals surface area contributed by atoms with Gasteiger partial charge in [-0.2, -0.15) is 0 Å². The third-order valence-electron chi connectivity index (χ3n) is 3.46. The number of ether oxygens (including phenoxy) is 1. The fourth-order valence-electron chi connectivity index (χ4n) is 2.43. The number of hydrogen-bond donors (Lipinski definition) is 1. The van der Waals surface area contributed by atoms with Gasteiger partial charge >= 0.3 is 0 Å². The second-order valence-electron chi connectivity index (χ2n) is 4.50. The molecule has 0 atom stereocenters. The van der Waals surface area contributed by atoms with E-state index in [1.54, 1.807) is 6.07 Å². The first-order valence-corrected chi connectivity index (χ1v) is 5.42. The molecule has 0 amide bonds. The molecule has 2 aliphatic rings. The zero-order chi connectivity index (χ0) is 11.2. The van der Waals surface area contributed by atoms with Crippen LogP contribution in [0.25, 0.3) is 0 Å². The largest absolute Gasteiger partial charge is 0.486 e. The van der Waals surface area contributed by atoms with E-state index in [0.717, 1.165) is 19.3 Å². The molecular formula is C12H12FNO2. The topological polar surface area (TPSA) is 41.8 Å². The normalized spacial score (nSPS) is 23.7. The zero-order valence-electron chi connectivity index (χ0n) is 8.74. The van der Waals surface area contributed by atoms with Crippen LogP contribution in [0.15, 0.2) is 23.4 Å². The molecule has 1 fully saturated rings. The number of oxime groups is 1. The average Bonchev–Trinajstić information content (AvgIpc) is 2.24. The van der Waals surface area contributed by atoms with Gasteiger partial charge in [0.15, 0.2) is 0 Å². The van der Waals surface area contributed by atoms with Gasteiger partial charge in [-0.15, -0.1) is 0 Å². The van der Waals surface area contributed by atoms with E-state index in [1.165, 1.54) is 12.1 Å². The minimum absolute atomic E-state index is 0.248. The molecule has 3 nitrogen and oxygen atoms in total. The van der Waals surface area contributed by atoms with Gasteiger partial charge in [-0.1, -0.05) is 5.16 Å². The van der Waals surface area contributed by atoms with Crippen LogP contribution in [0.2, 0.25) is 0 Å². The fourth-order valence-corrected chi connectivity index (χ4v) is 2.43. The van der Waals surface area contributed by atoms with Gasteiger partial charge in [0.05, 0.1) is 5.71 Å². The number of halogens is 1. The third kappa shape index (κ3) is 1.29. The quantitative estimate of drug-likeness (QED) is 0.540. The Bertz CT molecular complexity index is 466. The first-order valence-electron chi connectivity index (χ1n) is 5.42. The summed E-state index contributed by atoms with van der Waals surface area (Å²) in [7, 11) is 0. The van der Waals surface area contributed by atoms with E-state index in [-0.39, 0.29) is 11.4 Å². The van der Waals surface area contributed by atoms with Gasteiger partial charge in [0.1, 0.15) is 17.2 Å². The summed E-state index contributed by atoms with van der Waals surface area (Å²) in [5.41, 5.74) is 1.05. The summed E-state index contributed by atoms with van der Waals surface area (Å²) in [6.07, 6.45) is 3.62. The monoisotopic (exact) mass is 221 g/mol. The lowest BCUT2D eigenvalue weighted by molar-refractivity contribution is -0.00568. The molecule has 84 valence electrons. The fraction of sp³-hybridized carbons (Fsp3) is 0.417. The average molecular weight is 221 g/mol. The van der Waals surface area contributed by atoms with Gasteiger partial charge in [0, 0.05) is 18.1 Å². The van der Waals surface area contributed by atoms with Crippen molar-refractivity contribution in [2.75, 3.05) is 0 Å². The lowest BCUT2D eigenvalue weighted by atomic mass is 9.74. The molecule has 0 aromatic heterocycles. The highest BCUT2D eigenvalue weighted by atomic mass is 19.1. The van der Waals surface area contributed by atoms with E-state index in [4.69, 9.17) is 9.94 Å². The molecule has 4 heteroatoms. The van der Waals surface area contributed by atoms with Crippen LogP contribution in [0.4, 0.5) is 4.39 Å². The van der Waals surface area contributed by atoms with Crippen LogP contribution < -0.4 is 4.74 Å². The van der Waals surface area contributed by atoms with E-state index >= 15 is 0 Å². The molecule has 1 aliphatic heterocycles. The van der Waals surface area contributed by atoms with Crippen LogP contribution in [0.1, 0.15) is 31.2 Å². The molecule has 1 N–H and O–H groups in total. The van der Waals surface area contributed by atoms with E-state index in [0.29, 0.717) is 23.4 Å². The molecule has 3 rings (SSSR count). The highest BCUT2D eigenvalue weighted by Crippen LogP contribution is 2.45. The van der Waals surface area contributed by atoms with Gasteiger partial charge in [-0.05, 0) is 31.4 Å². The van der Waals surface area contributed by atoms with Crippen molar-refractivity contribution in [1.82, 2.24) is 0 Å². The van der Waals surface area contributed by atoms with Crippen LogP contribution in [0, 0.1) is 5.82 Å². The zero-order valence-corrected chi connectivity index (χ0v) is 8.74. The van der Waals surface area contributed by atoms with Crippen LogP contribution in [0.3, 0.4) is 0 Å². The van der Waals surface area contributed by atoms with Gasteiger partial charge in [0.25, 0.3) is 0 Å². The third-order valence-corrected chi connectivity index (χ3v) is 3.46. The van der Waals surface area contributed by atoms with Gasteiger partial charge in [-0.25, -0.2) is 4.39 Å². The Kier molecular flexibility index (Phi) is 1.93. The summed E-state index contributed by atoms with van der Waals surface area (Å²) in [4.78, 5) is 0. The summed E-state index contributed by atoms with van der Waals surface area (Å²) >= 11 is 0. The summed E-state index contributed by atoms with van der Waals surface area (Å²) in [6, 6.07) is 4.32. The summed E-state index contributed by atoms with van der Waals surface area (Å²) < 4.78 is 19.0. The standard InChI is InChI=1S/C12H12FNO2/c13-8-2-3-9-10(14-15)7-12(4-1-5-12)16-11(9)6-8/h2-3,6,15H,1,4-5,7H2/b14-10-. The molecule has 16 heavy (non-hydrogen) atoms. The summed E-state index contributed by atoms with van der Waals surface area (Å²) in [5.74, 6) is 0.172. The molecule has 0 bridgehead atoms. The number of benzene rings is 1. The molecule has 1 aliphatic carbocycles. The molecule has 0 radical (unpaired) electrons. The Balaban J connectivity index is 2.08. The van der Waals surface area contributed by atoms with Crippen molar-refractivity contribution in [3.63, 3.8) is 0 Å². The van der Waals surface area contributed by atoms with Crippen molar-refractivity contribution in [2.24, 2.45) is 5.16 Å². The predicted octanol–water partition coefficient (Wildman–Crippen LogP) is 2.71. The van der Waals surface area contributed by atoms with Gasteiger partial charge < -0.3 is 9.94 Å². The minimum Gasteiger partial charge on any atom is -0.486 e. The lowest BCUT2D eigenvalue weighted by Gasteiger charge is -2.45. The SMILES string of the molecule is O/N=C1/CC2(CCC2)Oc2cc(F)ccc21. The molecule has 0 saturated heterocycles. The highest BCUT2D eigenvalue weighted by molar-refractivity contribution is 6.04. The summed E-state index contributed by atoms with van der Waals surface area (Å²) in [6.45, 7) is 0. The van der Waals surface area contributed by atoms with Crippen molar-refractivity contribution in [3.05, 3.63) is 29.6 Å². The van der Waals surface area contributed by atoms with Gasteiger partial charge in [-0.3, -0.25) is 0 Å². The van der Waals surface area contributed by atoms with Crippen LogP contribution in [-0.2, 0) is 0 Å². The van der Waals surface area contributed by atoms with Crippen molar-refractivity contribution >= 4 is 5.71 Å². The van der Waals surface area contributed by atoms with Crippen LogP contribution in [-0.4, -0.2) is 16.5 Å². The van der Waals surface area contributed by atoms with Crippen molar-refractivity contribution in [1.29, 1.82) is 0 Å². The Morgan fingerprint density at radius 3 is 2.81 bits per heavy atom. The maximum absolute atomic E-state index is 13.1. The molecule has 1 spiro atoms. The Morgan fingerprint density at radius 1 is 1.38 bits per heavy atom. The second-order valence-corrected chi connectivity index (χ2v) is 4.50. The predicted molar refractivity (Wildman–Crippen MR) is 56.6 cm³/mol. The van der Waals surface area contributed by atoms with E-state index in [2.05, 4.69) is 5.16 Å². The minimum atomic E-state index is -0.326. The van der Waals surface area contributed by atoms with E-state index in [1.807, 2.05) is 0 Å². The number of rotatable bonds is 0. The Labute approximate surface area is 92.5 Å². The number of hydrogen-bond acceptors (Lipinski definition) is 3. The highest BCUT2D eigenvalue weighted by Gasteiger charge is 2.44. The molecule has 1 saturated carbocycles. The first kappa shape index (κ1) is 9.63. The van der Waals surface area contributed by atoms with Crippen molar-refractivity contribution in [2.45, 2.75) is 31.3 Å². The molecular weight excluding hydrogens is 209 g/mol.